The molecule has 3 aliphatic heterocycles. The zero-order chi connectivity index (χ0) is 34.9. The lowest BCUT2D eigenvalue weighted by molar-refractivity contribution is -0.327. The van der Waals surface area contributed by atoms with Crippen LogP contribution in [0.3, 0.4) is 0 Å². The number of esters is 2. The molecule has 268 valence electrons. The number of ether oxygens (including phenoxy) is 5. The molecule has 3 heterocycles. The van der Waals surface area contributed by atoms with E-state index < -0.39 is 52.3 Å². The molecule has 0 bridgehead atoms. The second-order valence-corrected chi connectivity index (χ2v) is 17.9. The van der Waals surface area contributed by atoms with E-state index in [0.29, 0.717) is 35.8 Å². The molecule has 7 aliphatic rings. The molecule has 2 aromatic carbocycles. The van der Waals surface area contributed by atoms with Gasteiger partial charge < -0.3 is 28.8 Å². The van der Waals surface area contributed by atoms with E-state index in [2.05, 4.69) is 27.7 Å². The van der Waals surface area contributed by atoms with Crippen LogP contribution in [0.5, 0.6) is 0 Å². The fourth-order valence-electron chi connectivity index (χ4n) is 12.9. The van der Waals surface area contributed by atoms with E-state index in [-0.39, 0.29) is 29.8 Å². The predicted molar refractivity (Wildman–Crippen MR) is 184 cm³/mol. The molecule has 7 fully saturated rings. The first-order chi connectivity index (χ1) is 23.8. The zero-order valence-electron chi connectivity index (χ0n) is 30.1. The molecule has 3 saturated heterocycles. The first kappa shape index (κ1) is 33.1. The van der Waals surface area contributed by atoms with Crippen molar-refractivity contribution in [2.24, 2.45) is 46.3 Å². The van der Waals surface area contributed by atoms with Crippen LogP contribution in [0.25, 0.3) is 0 Å². The number of benzene rings is 2. The molecule has 0 radical (unpaired) electrons. The van der Waals surface area contributed by atoms with Crippen LogP contribution in [0, 0.1) is 46.3 Å². The second-order valence-electron chi connectivity index (χ2n) is 17.9. The molecular formula is C42H52O8. The third-order valence-electron chi connectivity index (χ3n) is 15.3. The molecule has 8 nitrogen and oxygen atoms in total. The fourth-order valence-corrected chi connectivity index (χ4v) is 12.9. The Morgan fingerprint density at radius 2 is 1.50 bits per heavy atom. The van der Waals surface area contributed by atoms with Crippen molar-refractivity contribution in [2.75, 3.05) is 6.61 Å². The van der Waals surface area contributed by atoms with Crippen LogP contribution >= 0.6 is 0 Å². The largest absolute Gasteiger partial charge is 0.459 e. The SMILES string of the molecule is C[C@H]1CC[C@@]2(C)C(CCC3C2C[C@@H](OC(=O)c2ccccc2)[C@]2(C)[C@H]4[C@H](C)[C@@]5(CC[C@@](C)(COC(=O)c6ccccc6)O5)O[C@@]4(O)C4OC342)C1. The fraction of sp³-hybridized carbons (Fsp3) is 0.667. The van der Waals surface area contributed by atoms with Gasteiger partial charge in [0, 0.05) is 23.7 Å². The molecule has 8 heteroatoms. The number of fused-ring (bicyclic) bond motifs is 6. The summed E-state index contributed by atoms with van der Waals surface area (Å²) in [6.07, 6.45) is 6.72. The number of rotatable bonds is 5. The zero-order valence-corrected chi connectivity index (χ0v) is 30.1. The molecule has 0 aromatic heterocycles. The van der Waals surface area contributed by atoms with Gasteiger partial charge in [-0.05, 0) is 98.8 Å². The third-order valence-corrected chi connectivity index (χ3v) is 15.3. The Balaban J connectivity index is 1.05. The van der Waals surface area contributed by atoms with Crippen LogP contribution in [-0.4, -0.2) is 58.6 Å². The van der Waals surface area contributed by atoms with Gasteiger partial charge in [0.2, 0.25) is 5.79 Å². The van der Waals surface area contributed by atoms with Gasteiger partial charge in [0.05, 0.1) is 11.1 Å². The van der Waals surface area contributed by atoms with Gasteiger partial charge in [0.25, 0.3) is 0 Å². The Hall–Kier alpha value is -2.78. The summed E-state index contributed by atoms with van der Waals surface area (Å²) in [5, 5.41) is 12.9. The molecule has 4 saturated carbocycles. The highest BCUT2D eigenvalue weighted by atomic mass is 16.8. The first-order valence-corrected chi connectivity index (χ1v) is 19.1. The van der Waals surface area contributed by atoms with Crippen molar-refractivity contribution in [3.8, 4) is 0 Å². The summed E-state index contributed by atoms with van der Waals surface area (Å²) in [5.74, 6) is -2.14. The van der Waals surface area contributed by atoms with E-state index in [0.717, 1.165) is 25.2 Å². The molecule has 50 heavy (non-hydrogen) atoms. The molecule has 2 aromatic rings. The number of aliphatic hydroxyl groups is 1. The summed E-state index contributed by atoms with van der Waals surface area (Å²) < 4.78 is 33.2. The topological polar surface area (TPSA) is 104 Å². The van der Waals surface area contributed by atoms with Gasteiger partial charge in [-0.15, -0.1) is 0 Å². The van der Waals surface area contributed by atoms with Crippen LogP contribution in [0.2, 0.25) is 0 Å². The first-order valence-electron chi connectivity index (χ1n) is 19.1. The highest BCUT2D eigenvalue weighted by Gasteiger charge is 2.94. The minimum Gasteiger partial charge on any atom is -0.459 e. The second kappa shape index (κ2) is 10.9. The predicted octanol–water partition coefficient (Wildman–Crippen LogP) is 7.34. The van der Waals surface area contributed by atoms with E-state index in [1.807, 2.05) is 55.5 Å². The van der Waals surface area contributed by atoms with Crippen molar-refractivity contribution >= 4 is 11.9 Å². The monoisotopic (exact) mass is 684 g/mol. The summed E-state index contributed by atoms with van der Waals surface area (Å²) in [6.45, 7) is 11.2. The summed E-state index contributed by atoms with van der Waals surface area (Å²) in [6, 6.07) is 18.2. The van der Waals surface area contributed by atoms with Gasteiger partial charge in [0.15, 0.2) is 5.79 Å². The molecular weight excluding hydrogens is 632 g/mol. The number of epoxide rings is 1. The van der Waals surface area contributed by atoms with Gasteiger partial charge in [-0.2, -0.15) is 0 Å². The van der Waals surface area contributed by atoms with E-state index in [1.165, 1.54) is 19.3 Å². The lowest BCUT2D eigenvalue weighted by Gasteiger charge is -2.62. The normalized spacial score (nSPS) is 49.6. The van der Waals surface area contributed by atoms with E-state index in [1.54, 1.807) is 12.1 Å². The van der Waals surface area contributed by atoms with E-state index in [9.17, 15) is 14.7 Å². The third kappa shape index (κ3) is 4.31. The maximum Gasteiger partial charge on any atom is 0.338 e. The highest BCUT2D eigenvalue weighted by molar-refractivity contribution is 5.90. The Labute approximate surface area is 295 Å². The Bertz CT molecular complexity index is 1680. The molecule has 2 spiro atoms. The van der Waals surface area contributed by atoms with Crippen molar-refractivity contribution in [3.05, 3.63) is 71.8 Å². The Morgan fingerprint density at radius 1 is 0.820 bits per heavy atom. The lowest BCUT2D eigenvalue weighted by atomic mass is 9.42. The summed E-state index contributed by atoms with van der Waals surface area (Å²) in [5.41, 5.74) is -1.02. The number of hydrogen-bond acceptors (Lipinski definition) is 8. The van der Waals surface area contributed by atoms with Crippen molar-refractivity contribution < 1.29 is 38.4 Å². The number of carbonyl (C=O) groups is 2. The lowest BCUT2D eigenvalue weighted by Crippen LogP contribution is -2.65. The summed E-state index contributed by atoms with van der Waals surface area (Å²) >= 11 is 0. The van der Waals surface area contributed by atoms with Gasteiger partial charge in [-0.3, -0.25) is 0 Å². The highest BCUT2D eigenvalue weighted by Crippen LogP contribution is 2.82. The van der Waals surface area contributed by atoms with E-state index >= 15 is 0 Å². The molecule has 9 rings (SSSR count). The van der Waals surface area contributed by atoms with Gasteiger partial charge >= 0.3 is 11.9 Å². The standard InChI is InChI=1S/C42H52O8/c1-25-18-19-38(4)29(22-25)16-17-30-31(38)23-32(47-35(44)28-14-10-7-11-15-28)39(5)33-26(2)40(50-42(33,45)36-41(30,39)48-36)21-20-37(3,49-40)24-46-34(43)27-12-8-6-9-13-27/h6-15,25-26,29-33,36,45H,16-24H2,1-5H3/t25-,26-,29?,30?,31?,32+,33+,36?,37-,38-,39+,40+,41?,42+/m0/s1. The number of hydrogen-bond donors (Lipinski definition) is 1. The molecule has 5 unspecified atom stereocenters. The van der Waals surface area contributed by atoms with Crippen LogP contribution in [0.4, 0.5) is 0 Å². The number of carbonyl (C=O) groups excluding carboxylic acids is 2. The van der Waals surface area contributed by atoms with Crippen molar-refractivity contribution in [2.45, 2.75) is 121 Å². The summed E-state index contributed by atoms with van der Waals surface area (Å²) in [4.78, 5) is 26.8. The van der Waals surface area contributed by atoms with E-state index in [4.69, 9.17) is 23.7 Å². The molecule has 0 amide bonds. The Morgan fingerprint density at radius 3 is 2.20 bits per heavy atom. The quantitative estimate of drug-likeness (QED) is 0.258. The minimum absolute atomic E-state index is 0.0716. The summed E-state index contributed by atoms with van der Waals surface area (Å²) in [7, 11) is 0. The molecule has 4 aliphatic carbocycles. The maximum absolute atomic E-state index is 13.9. The van der Waals surface area contributed by atoms with Gasteiger partial charge in [0.1, 0.15) is 30.0 Å². The average molecular weight is 685 g/mol. The average Bonchev–Trinajstić information content (AvgIpc) is 3.67. The van der Waals surface area contributed by atoms with Crippen molar-refractivity contribution in [3.63, 3.8) is 0 Å². The Kier molecular flexibility index (Phi) is 7.20. The smallest absolute Gasteiger partial charge is 0.338 e. The van der Waals surface area contributed by atoms with Gasteiger partial charge in [-0.1, -0.05) is 70.5 Å². The molecule has 1 N–H and O–H groups in total. The van der Waals surface area contributed by atoms with Crippen LogP contribution in [-0.2, 0) is 23.7 Å². The van der Waals surface area contributed by atoms with Crippen LogP contribution < -0.4 is 0 Å². The van der Waals surface area contributed by atoms with Crippen molar-refractivity contribution in [1.29, 1.82) is 0 Å². The van der Waals surface area contributed by atoms with Crippen LogP contribution in [0.15, 0.2) is 60.7 Å². The van der Waals surface area contributed by atoms with Crippen molar-refractivity contribution in [1.82, 2.24) is 0 Å². The van der Waals surface area contributed by atoms with Crippen LogP contribution in [0.1, 0.15) is 107 Å². The minimum atomic E-state index is -1.61. The maximum atomic E-state index is 13.9. The molecule has 14 atom stereocenters. The van der Waals surface area contributed by atoms with Gasteiger partial charge in [-0.25, -0.2) is 9.59 Å².